The van der Waals surface area contributed by atoms with Crippen LogP contribution in [0.15, 0.2) is 40.8 Å². The van der Waals surface area contributed by atoms with Crippen molar-refractivity contribution < 1.29 is 27.5 Å². The first kappa shape index (κ1) is 16.9. The SMILES string of the molecule is Cc1cc(NC(=O)NC[C@H](O)c2ccccc2)c(C(F)(F)F)o1. The van der Waals surface area contributed by atoms with Gasteiger partial charge >= 0.3 is 12.2 Å². The maximum absolute atomic E-state index is 12.7. The van der Waals surface area contributed by atoms with Gasteiger partial charge in [-0.15, -0.1) is 0 Å². The third kappa shape index (κ3) is 4.49. The molecular weight excluding hydrogens is 313 g/mol. The molecule has 0 radical (unpaired) electrons. The zero-order chi connectivity index (χ0) is 17.0. The number of anilines is 1. The molecule has 0 saturated heterocycles. The third-order valence-electron chi connectivity index (χ3n) is 3.00. The number of aliphatic hydroxyl groups excluding tert-OH is 1. The van der Waals surface area contributed by atoms with Gasteiger partial charge in [0.2, 0.25) is 5.76 Å². The smallest absolute Gasteiger partial charge is 0.451 e. The van der Waals surface area contributed by atoms with E-state index < -0.39 is 29.8 Å². The third-order valence-corrected chi connectivity index (χ3v) is 3.00. The van der Waals surface area contributed by atoms with E-state index in [4.69, 9.17) is 0 Å². The summed E-state index contributed by atoms with van der Waals surface area (Å²) in [7, 11) is 0. The number of carbonyl (C=O) groups excluding carboxylic acids is 1. The van der Waals surface area contributed by atoms with Gasteiger partial charge in [-0.25, -0.2) is 4.79 Å². The van der Waals surface area contributed by atoms with Crippen molar-refractivity contribution in [3.8, 4) is 0 Å². The summed E-state index contributed by atoms with van der Waals surface area (Å²) in [6.07, 6.45) is -5.67. The van der Waals surface area contributed by atoms with E-state index >= 15 is 0 Å². The normalized spacial score (nSPS) is 12.7. The van der Waals surface area contributed by atoms with Gasteiger partial charge in [-0.3, -0.25) is 0 Å². The van der Waals surface area contributed by atoms with Crippen LogP contribution in [-0.2, 0) is 6.18 Å². The van der Waals surface area contributed by atoms with Gasteiger partial charge in [0.1, 0.15) is 5.76 Å². The maximum atomic E-state index is 12.7. The molecule has 5 nitrogen and oxygen atoms in total. The summed E-state index contributed by atoms with van der Waals surface area (Å²) in [5, 5.41) is 14.3. The first-order chi connectivity index (χ1) is 10.8. The van der Waals surface area contributed by atoms with E-state index in [1.165, 1.54) is 6.92 Å². The molecule has 1 atom stereocenters. The number of aliphatic hydroxyl groups is 1. The molecule has 0 saturated carbocycles. The van der Waals surface area contributed by atoms with Gasteiger partial charge in [-0.05, 0) is 12.5 Å². The molecule has 2 amide bonds. The Bertz CT molecular complexity index is 668. The van der Waals surface area contributed by atoms with Gasteiger partial charge in [0.05, 0.1) is 11.8 Å². The number of benzene rings is 1. The predicted molar refractivity (Wildman–Crippen MR) is 76.9 cm³/mol. The lowest BCUT2D eigenvalue weighted by atomic mass is 10.1. The second-order valence-corrected chi connectivity index (χ2v) is 4.86. The predicted octanol–water partition coefficient (Wildman–Crippen LogP) is 3.46. The molecule has 0 aliphatic rings. The number of hydrogen-bond acceptors (Lipinski definition) is 3. The lowest BCUT2D eigenvalue weighted by Crippen LogP contribution is -2.32. The standard InChI is InChI=1S/C15H15F3N2O3/c1-9-7-11(13(23-9)15(16,17)18)20-14(22)19-8-12(21)10-5-3-2-4-6-10/h2-7,12,21H,8H2,1H3,(H2,19,20,22)/t12-/m0/s1. The van der Waals surface area contributed by atoms with Gasteiger partial charge in [0.25, 0.3) is 0 Å². The highest BCUT2D eigenvalue weighted by atomic mass is 19.4. The Morgan fingerprint density at radius 2 is 1.96 bits per heavy atom. The van der Waals surface area contributed by atoms with Crippen LogP contribution in [0.2, 0.25) is 0 Å². The quantitative estimate of drug-likeness (QED) is 0.804. The Hall–Kier alpha value is -2.48. The molecule has 0 bridgehead atoms. The summed E-state index contributed by atoms with van der Waals surface area (Å²) in [6.45, 7) is 1.20. The van der Waals surface area contributed by atoms with Crippen LogP contribution < -0.4 is 10.6 Å². The zero-order valence-electron chi connectivity index (χ0n) is 12.1. The second-order valence-electron chi connectivity index (χ2n) is 4.86. The number of halogens is 3. The topological polar surface area (TPSA) is 74.5 Å². The molecule has 1 aromatic carbocycles. The maximum Gasteiger partial charge on any atom is 0.451 e. The molecule has 0 fully saturated rings. The number of alkyl halides is 3. The highest BCUT2D eigenvalue weighted by Crippen LogP contribution is 2.36. The van der Waals surface area contributed by atoms with Crippen LogP contribution in [-0.4, -0.2) is 17.7 Å². The van der Waals surface area contributed by atoms with Crippen LogP contribution >= 0.6 is 0 Å². The Morgan fingerprint density at radius 3 is 2.57 bits per heavy atom. The lowest BCUT2D eigenvalue weighted by Gasteiger charge is -2.13. The molecule has 3 N–H and O–H groups in total. The van der Waals surface area contributed by atoms with Crippen LogP contribution in [0.5, 0.6) is 0 Å². The molecule has 0 aliphatic heterocycles. The monoisotopic (exact) mass is 328 g/mol. The molecule has 1 heterocycles. The van der Waals surface area contributed by atoms with Gasteiger partial charge in [-0.1, -0.05) is 30.3 Å². The Kier molecular flexibility index (Phi) is 4.95. The fraction of sp³-hybridized carbons (Fsp3) is 0.267. The van der Waals surface area contributed by atoms with E-state index in [9.17, 15) is 23.1 Å². The number of rotatable bonds is 4. The van der Waals surface area contributed by atoms with Crippen molar-refractivity contribution in [1.29, 1.82) is 0 Å². The lowest BCUT2D eigenvalue weighted by molar-refractivity contribution is -0.152. The summed E-state index contributed by atoms with van der Waals surface area (Å²) in [5.41, 5.74) is 0.115. The van der Waals surface area contributed by atoms with Gasteiger partial charge in [0, 0.05) is 12.6 Å². The van der Waals surface area contributed by atoms with Crippen molar-refractivity contribution in [2.75, 3.05) is 11.9 Å². The second kappa shape index (κ2) is 6.74. The fourth-order valence-corrected chi connectivity index (χ4v) is 1.97. The largest absolute Gasteiger partial charge is 0.455 e. The van der Waals surface area contributed by atoms with Crippen LogP contribution in [0.1, 0.15) is 23.2 Å². The molecule has 124 valence electrons. The highest BCUT2D eigenvalue weighted by molar-refractivity contribution is 5.90. The molecule has 0 aliphatic carbocycles. The number of carbonyl (C=O) groups is 1. The van der Waals surface area contributed by atoms with E-state index in [2.05, 4.69) is 15.1 Å². The first-order valence-corrected chi connectivity index (χ1v) is 6.73. The van der Waals surface area contributed by atoms with E-state index in [1.807, 2.05) is 0 Å². The van der Waals surface area contributed by atoms with E-state index in [0.29, 0.717) is 5.56 Å². The molecule has 8 heteroatoms. The minimum Gasteiger partial charge on any atom is -0.455 e. The molecule has 23 heavy (non-hydrogen) atoms. The summed E-state index contributed by atoms with van der Waals surface area (Å²) in [5.74, 6) is -1.24. The summed E-state index contributed by atoms with van der Waals surface area (Å²) >= 11 is 0. The average Bonchev–Trinajstić information content (AvgIpc) is 2.86. The number of nitrogens with one attached hydrogen (secondary N) is 2. The van der Waals surface area contributed by atoms with Crippen molar-refractivity contribution in [3.63, 3.8) is 0 Å². The van der Waals surface area contributed by atoms with Crippen molar-refractivity contribution in [2.24, 2.45) is 0 Å². The van der Waals surface area contributed by atoms with E-state index in [-0.39, 0.29) is 12.3 Å². The number of hydrogen-bond donors (Lipinski definition) is 3. The minimum absolute atomic E-state index is 0.0249. The molecule has 0 unspecified atom stereocenters. The Morgan fingerprint density at radius 1 is 1.30 bits per heavy atom. The van der Waals surface area contributed by atoms with E-state index in [1.54, 1.807) is 30.3 Å². The molecule has 0 spiro atoms. The highest BCUT2D eigenvalue weighted by Gasteiger charge is 2.38. The summed E-state index contributed by atoms with van der Waals surface area (Å²) in [6, 6.07) is 8.78. The number of furan rings is 1. The average molecular weight is 328 g/mol. The Labute approximate surface area is 130 Å². The number of amides is 2. The minimum atomic E-state index is -4.71. The van der Waals surface area contributed by atoms with Gasteiger partial charge in [0.15, 0.2) is 0 Å². The molecular formula is C15H15F3N2O3. The molecule has 1 aromatic heterocycles. The van der Waals surface area contributed by atoms with Crippen molar-refractivity contribution in [2.45, 2.75) is 19.2 Å². The van der Waals surface area contributed by atoms with Crippen molar-refractivity contribution >= 4 is 11.7 Å². The van der Waals surface area contributed by atoms with Crippen molar-refractivity contribution in [3.05, 3.63) is 53.5 Å². The van der Waals surface area contributed by atoms with Crippen LogP contribution in [0, 0.1) is 6.92 Å². The van der Waals surface area contributed by atoms with Gasteiger partial charge < -0.3 is 20.2 Å². The fourth-order valence-electron chi connectivity index (χ4n) is 1.97. The number of aryl methyl sites for hydroxylation is 1. The van der Waals surface area contributed by atoms with Crippen LogP contribution in [0.25, 0.3) is 0 Å². The summed E-state index contributed by atoms with van der Waals surface area (Å²) in [4.78, 5) is 11.7. The van der Waals surface area contributed by atoms with Crippen molar-refractivity contribution in [1.82, 2.24) is 5.32 Å². The van der Waals surface area contributed by atoms with Crippen LogP contribution in [0.4, 0.5) is 23.7 Å². The molecule has 2 aromatic rings. The number of urea groups is 1. The zero-order valence-corrected chi connectivity index (χ0v) is 12.1. The first-order valence-electron chi connectivity index (χ1n) is 6.73. The van der Waals surface area contributed by atoms with Crippen LogP contribution in [0.3, 0.4) is 0 Å². The van der Waals surface area contributed by atoms with Gasteiger partial charge in [-0.2, -0.15) is 13.2 Å². The molecule has 2 rings (SSSR count). The Balaban J connectivity index is 1.96. The summed E-state index contributed by atoms with van der Waals surface area (Å²) < 4.78 is 42.8. The van der Waals surface area contributed by atoms with E-state index in [0.717, 1.165) is 6.07 Å².